The number of thiol groups is 1. The molecule has 3 nitrogen and oxygen atoms in total. The molecule has 0 aliphatic heterocycles. The minimum Gasteiger partial charge on any atom is -0.460 e. The van der Waals surface area contributed by atoms with E-state index in [0.29, 0.717) is 5.75 Å². The molecule has 0 saturated carbocycles. The van der Waals surface area contributed by atoms with Gasteiger partial charge in [0.25, 0.3) is 0 Å². The number of nitrogens with two attached hydrogens (primary N) is 1. The van der Waals surface area contributed by atoms with Gasteiger partial charge >= 0.3 is 5.97 Å². The molecule has 0 unspecified atom stereocenters. The van der Waals surface area contributed by atoms with Crippen molar-refractivity contribution in [2.24, 2.45) is 5.73 Å². The molecule has 2 N–H and O–H groups in total. The van der Waals surface area contributed by atoms with Gasteiger partial charge in [-0.25, -0.2) is 0 Å². The van der Waals surface area contributed by atoms with Gasteiger partial charge in [0, 0.05) is 10.2 Å². The fraction of sp³-hybridized carbons (Fsp3) is 0.300. The molecule has 15 heavy (non-hydrogen) atoms. The number of carbonyl (C=O) groups excluding carboxylic acids is 1. The number of esters is 1. The van der Waals surface area contributed by atoms with E-state index in [2.05, 4.69) is 28.6 Å². The molecular weight excluding hydrogens is 278 g/mol. The van der Waals surface area contributed by atoms with Gasteiger partial charge in [-0.3, -0.25) is 4.79 Å². The van der Waals surface area contributed by atoms with Crippen molar-refractivity contribution in [3.8, 4) is 0 Å². The van der Waals surface area contributed by atoms with Gasteiger partial charge in [-0.05, 0) is 17.7 Å². The third-order valence-electron chi connectivity index (χ3n) is 1.79. The average Bonchev–Trinajstić information content (AvgIpc) is 2.26. The topological polar surface area (TPSA) is 52.3 Å². The number of benzene rings is 1. The second-order valence-electron chi connectivity index (χ2n) is 3.02. The second kappa shape index (κ2) is 6.15. The highest BCUT2D eigenvalue weighted by Gasteiger charge is 2.12. The van der Waals surface area contributed by atoms with Crippen LogP contribution in [0, 0.1) is 0 Å². The Morgan fingerprint density at radius 3 is 2.60 bits per heavy atom. The van der Waals surface area contributed by atoms with Crippen molar-refractivity contribution in [3.05, 3.63) is 34.3 Å². The molecule has 1 aromatic rings. The van der Waals surface area contributed by atoms with Crippen LogP contribution in [-0.2, 0) is 16.1 Å². The van der Waals surface area contributed by atoms with Crippen LogP contribution >= 0.6 is 28.6 Å². The van der Waals surface area contributed by atoms with E-state index in [1.54, 1.807) is 0 Å². The molecule has 1 aromatic carbocycles. The molecule has 1 atom stereocenters. The van der Waals surface area contributed by atoms with E-state index in [-0.39, 0.29) is 6.61 Å². The van der Waals surface area contributed by atoms with Crippen LogP contribution < -0.4 is 5.73 Å². The smallest absolute Gasteiger partial charge is 0.324 e. The first-order valence-electron chi connectivity index (χ1n) is 4.41. The van der Waals surface area contributed by atoms with E-state index in [1.807, 2.05) is 24.3 Å². The Kier molecular flexibility index (Phi) is 5.14. The van der Waals surface area contributed by atoms with Crippen molar-refractivity contribution in [1.29, 1.82) is 0 Å². The molecule has 0 spiro atoms. The van der Waals surface area contributed by atoms with E-state index >= 15 is 0 Å². The second-order valence-corrected chi connectivity index (χ2v) is 4.30. The standard InChI is InChI=1S/C10H12BrNO2S/c11-8-3-1-7(2-4-8)5-14-10(13)9(12)6-15/h1-4,9,15H,5-6,12H2/t9-/m1/s1. The summed E-state index contributed by atoms with van der Waals surface area (Å²) in [6.07, 6.45) is 0. The van der Waals surface area contributed by atoms with Crippen LogP contribution in [0.2, 0.25) is 0 Å². The summed E-state index contributed by atoms with van der Waals surface area (Å²) in [6.45, 7) is 0.244. The quantitative estimate of drug-likeness (QED) is 0.656. The van der Waals surface area contributed by atoms with Gasteiger partial charge in [-0.15, -0.1) is 0 Å². The van der Waals surface area contributed by atoms with Crippen LogP contribution in [0.25, 0.3) is 0 Å². The fourth-order valence-electron chi connectivity index (χ4n) is 0.917. The van der Waals surface area contributed by atoms with Crippen LogP contribution in [-0.4, -0.2) is 17.8 Å². The van der Waals surface area contributed by atoms with Gasteiger partial charge in [0.15, 0.2) is 0 Å². The van der Waals surface area contributed by atoms with Crippen LogP contribution in [0.5, 0.6) is 0 Å². The van der Waals surface area contributed by atoms with Gasteiger partial charge in [0.2, 0.25) is 0 Å². The molecule has 0 radical (unpaired) electrons. The number of carbonyl (C=O) groups is 1. The molecule has 0 aliphatic carbocycles. The van der Waals surface area contributed by atoms with Crippen LogP contribution in [0.1, 0.15) is 5.56 Å². The van der Waals surface area contributed by atoms with E-state index in [9.17, 15) is 4.79 Å². The molecule has 0 amide bonds. The van der Waals surface area contributed by atoms with Crippen molar-refractivity contribution in [2.75, 3.05) is 5.75 Å². The highest BCUT2D eigenvalue weighted by atomic mass is 79.9. The summed E-state index contributed by atoms with van der Waals surface area (Å²) < 4.78 is 5.98. The lowest BCUT2D eigenvalue weighted by Gasteiger charge is -2.08. The summed E-state index contributed by atoms with van der Waals surface area (Å²) in [7, 11) is 0. The Bertz CT molecular complexity index is 329. The zero-order valence-electron chi connectivity index (χ0n) is 8.02. The van der Waals surface area contributed by atoms with Crippen molar-refractivity contribution in [2.45, 2.75) is 12.6 Å². The number of hydrogen-bond donors (Lipinski definition) is 2. The third kappa shape index (κ3) is 4.24. The zero-order valence-corrected chi connectivity index (χ0v) is 10.5. The normalized spacial score (nSPS) is 12.2. The Morgan fingerprint density at radius 1 is 1.47 bits per heavy atom. The van der Waals surface area contributed by atoms with Crippen LogP contribution in [0.15, 0.2) is 28.7 Å². The maximum absolute atomic E-state index is 11.2. The molecule has 0 heterocycles. The van der Waals surface area contributed by atoms with Gasteiger partial charge in [0.05, 0.1) is 0 Å². The van der Waals surface area contributed by atoms with Crippen LogP contribution in [0.3, 0.4) is 0 Å². The Hall–Kier alpha value is -0.520. The predicted molar refractivity (Wildman–Crippen MR) is 65.8 cm³/mol. The van der Waals surface area contributed by atoms with Crippen molar-refractivity contribution >= 4 is 34.5 Å². The molecule has 82 valence electrons. The average molecular weight is 290 g/mol. The highest BCUT2D eigenvalue weighted by molar-refractivity contribution is 9.10. The maximum atomic E-state index is 11.2. The third-order valence-corrected chi connectivity index (χ3v) is 2.72. The number of halogens is 1. The summed E-state index contributed by atoms with van der Waals surface area (Å²) in [5.74, 6) is -0.132. The molecule has 1 rings (SSSR count). The Labute approximate surface area is 103 Å². The van der Waals surface area contributed by atoms with E-state index in [4.69, 9.17) is 10.5 Å². The van der Waals surface area contributed by atoms with Crippen molar-refractivity contribution in [3.63, 3.8) is 0 Å². The summed E-state index contributed by atoms with van der Waals surface area (Å²) >= 11 is 7.24. The lowest BCUT2D eigenvalue weighted by Crippen LogP contribution is -2.33. The van der Waals surface area contributed by atoms with Gasteiger partial charge in [0.1, 0.15) is 12.6 Å². The van der Waals surface area contributed by atoms with Crippen LogP contribution in [0.4, 0.5) is 0 Å². The largest absolute Gasteiger partial charge is 0.460 e. The minimum atomic E-state index is -0.649. The fourth-order valence-corrected chi connectivity index (χ4v) is 1.33. The lowest BCUT2D eigenvalue weighted by molar-refractivity contribution is -0.145. The van der Waals surface area contributed by atoms with Gasteiger partial charge in [-0.2, -0.15) is 12.6 Å². The highest BCUT2D eigenvalue weighted by Crippen LogP contribution is 2.11. The Morgan fingerprint density at radius 2 is 2.07 bits per heavy atom. The maximum Gasteiger partial charge on any atom is 0.324 e. The SMILES string of the molecule is N[C@H](CS)C(=O)OCc1ccc(Br)cc1. The number of ether oxygens (including phenoxy) is 1. The lowest BCUT2D eigenvalue weighted by atomic mass is 10.2. The van der Waals surface area contributed by atoms with E-state index < -0.39 is 12.0 Å². The molecule has 0 saturated heterocycles. The summed E-state index contributed by atoms with van der Waals surface area (Å²) in [5.41, 5.74) is 6.37. The molecule has 0 fully saturated rings. The first-order chi connectivity index (χ1) is 7.13. The molecule has 0 aromatic heterocycles. The monoisotopic (exact) mass is 289 g/mol. The van der Waals surface area contributed by atoms with Crippen molar-refractivity contribution in [1.82, 2.24) is 0 Å². The van der Waals surface area contributed by atoms with Gasteiger partial charge in [-0.1, -0.05) is 28.1 Å². The summed E-state index contributed by atoms with van der Waals surface area (Å²) in [4.78, 5) is 11.2. The number of rotatable bonds is 4. The van der Waals surface area contributed by atoms with E-state index in [0.717, 1.165) is 10.0 Å². The predicted octanol–water partition coefficient (Wildman–Crippen LogP) is 1.75. The van der Waals surface area contributed by atoms with Gasteiger partial charge < -0.3 is 10.5 Å². The minimum absolute atomic E-state index is 0.244. The molecule has 0 aliphatic rings. The molecular formula is C10H12BrNO2S. The Balaban J connectivity index is 2.43. The van der Waals surface area contributed by atoms with E-state index in [1.165, 1.54) is 0 Å². The van der Waals surface area contributed by atoms with Crippen molar-refractivity contribution < 1.29 is 9.53 Å². The molecule has 5 heteroatoms. The summed E-state index contributed by atoms with van der Waals surface area (Å²) in [5, 5.41) is 0. The first kappa shape index (κ1) is 12.5. The number of hydrogen-bond acceptors (Lipinski definition) is 4. The first-order valence-corrected chi connectivity index (χ1v) is 5.83. The zero-order chi connectivity index (χ0) is 11.3. The summed E-state index contributed by atoms with van der Waals surface area (Å²) in [6, 6.07) is 6.89. The molecule has 0 bridgehead atoms.